The van der Waals surface area contributed by atoms with Gasteiger partial charge in [0.1, 0.15) is 30.8 Å². The minimum Gasteiger partial charge on any atom is -0.490 e. The zero-order chi connectivity index (χ0) is 24.6. The van der Waals surface area contributed by atoms with Crippen molar-refractivity contribution in [2.45, 2.75) is 25.6 Å². The molecular formula is C29H25NO5. The highest BCUT2D eigenvalue weighted by atomic mass is 16.5. The summed E-state index contributed by atoms with van der Waals surface area (Å²) in [6.07, 6.45) is -0.566. The van der Waals surface area contributed by atoms with Crippen molar-refractivity contribution >= 4 is 16.7 Å². The Morgan fingerprint density at radius 3 is 2.54 bits per heavy atom. The van der Waals surface area contributed by atoms with Crippen molar-refractivity contribution in [3.8, 4) is 17.6 Å². The number of carbonyl (C=O) groups is 1. The van der Waals surface area contributed by atoms with Crippen molar-refractivity contribution < 1.29 is 24.5 Å². The summed E-state index contributed by atoms with van der Waals surface area (Å²) < 4.78 is 11.8. The Morgan fingerprint density at radius 2 is 1.74 bits per heavy atom. The maximum atomic E-state index is 11.1. The van der Waals surface area contributed by atoms with Gasteiger partial charge in [-0.25, -0.2) is 0 Å². The maximum absolute atomic E-state index is 11.1. The zero-order valence-corrected chi connectivity index (χ0v) is 19.1. The first-order valence-corrected chi connectivity index (χ1v) is 11.3. The molecule has 35 heavy (non-hydrogen) atoms. The summed E-state index contributed by atoms with van der Waals surface area (Å²) in [6.45, 7) is 0.268. The van der Waals surface area contributed by atoms with Gasteiger partial charge in [0.15, 0.2) is 0 Å². The second kappa shape index (κ2) is 11.2. The number of carboxylic acid groups (broad SMARTS) is 1. The van der Waals surface area contributed by atoms with E-state index in [9.17, 15) is 9.90 Å². The minimum absolute atomic E-state index is 0.0208. The maximum Gasteiger partial charge on any atom is 0.303 e. The Bertz CT molecular complexity index is 1380. The highest BCUT2D eigenvalue weighted by molar-refractivity contribution is 5.83. The van der Waals surface area contributed by atoms with E-state index in [1.807, 2.05) is 54.6 Å². The summed E-state index contributed by atoms with van der Waals surface area (Å²) in [5.41, 5.74) is 2.82. The monoisotopic (exact) mass is 467 g/mol. The molecule has 0 fully saturated rings. The first kappa shape index (κ1) is 23.8. The van der Waals surface area contributed by atoms with Crippen LogP contribution in [0, 0.1) is 11.3 Å². The third-order valence-electron chi connectivity index (χ3n) is 5.66. The van der Waals surface area contributed by atoms with Gasteiger partial charge in [0.05, 0.1) is 11.6 Å². The van der Waals surface area contributed by atoms with Gasteiger partial charge in [-0.2, -0.15) is 5.26 Å². The fourth-order valence-corrected chi connectivity index (χ4v) is 3.77. The molecule has 6 nitrogen and oxygen atoms in total. The molecule has 1 atom stereocenters. The fraction of sp³-hybridized carbons (Fsp3) is 0.172. The minimum atomic E-state index is -0.892. The van der Waals surface area contributed by atoms with Gasteiger partial charge in [-0.05, 0) is 64.2 Å². The third-order valence-corrected chi connectivity index (χ3v) is 5.66. The number of aliphatic carboxylic acids is 1. The number of nitriles is 1. The Balaban J connectivity index is 1.48. The quantitative estimate of drug-likeness (QED) is 0.323. The molecule has 176 valence electrons. The molecule has 0 aliphatic heterocycles. The lowest BCUT2D eigenvalue weighted by molar-refractivity contribution is -0.136. The number of fused-ring (bicyclic) bond motifs is 1. The number of carboxylic acids is 1. The van der Waals surface area contributed by atoms with Crippen LogP contribution >= 0.6 is 0 Å². The van der Waals surface area contributed by atoms with Crippen molar-refractivity contribution in [1.29, 1.82) is 5.26 Å². The van der Waals surface area contributed by atoms with Gasteiger partial charge in [-0.3, -0.25) is 4.79 Å². The smallest absolute Gasteiger partial charge is 0.303 e. The molecule has 4 rings (SSSR count). The zero-order valence-electron chi connectivity index (χ0n) is 19.1. The van der Waals surface area contributed by atoms with Crippen LogP contribution in [-0.2, 0) is 17.8 Å². The van der Waals surface area contributed by atoms with E-state index >= 15 is 0 Å². The lowest BCUT2D eigenvalue weighted by Gasteiger charge is -2.17. The summed E-state index contributed by atoms with van der Waals surface area (Å²) in [5.74, 6) is 0.197. The van der Waals surface area contributed by atoms with Gasteiger partial charge in [0.25, 0.3) is 0 Å². The first-order valence-electron chi connectivity index (χ1n) is 11.3. The molecule has 0 bridgehead atoms. The molecule has 4 aromatic carbocycles. The molecule has 0 saturated heterocycles. The summed E-state index contributed by atoms with van der Waals surface area (Å²) in [4.78, 5) is 11.1. The van der Waals surface area contributed by atoms with Gasteiger partial charge < -0.3 is 19.7 Å². The molecule has 1 unspecified atom stereocenters. The molecular weight excluding hydrogens is 442 g/mol. The fourth-order valence-electron chi connectivity index (χ4n) is 3.77. The van der Waals surface area contributed by atoms with Crippen LogP contribution < -0.4 is 9.47 Å². The highest BCUT2D eigenvalue weighted by Crippen LogP contribution is 2.26. The lowest BCUT2D eigenvalue weighted by Crippen LogP contribution is -2.11. The van der Waals surface area contributed by atoms with Gasteiger partial charge in [-0.15, -0.1) is 0 Å². The van der Waals surface area contributed by atoms with Gasteiger partial charge in [0.2, 0.25) is 0 Å². The second-order valence-electron chi connectivity index (χ2n) is 8.20. The number of aliphatic hydroxyl groups excluding tert-OH is 1. The van der Waals surface area contributed by atoms with Crippen molar-refractivity contribution in [2.75, 3.05) is 6.61 Å². The van der Waals surface area contributed by atoms with E-state index in [0.29, 0.717) is 23.5 Å². The Kier molecular flexibility index (Phi) is 7.61. The van der Waals surface area contributed by atoms with Crippen molar-refractivity contribution in [2.24, 2.45) is 0 Å². The van der Waals surface area contributed by atoms with E-state index in [-0.39, 0.29) is 19.6 Å². The average Bonchev–Trinajstić information content (AvgIpc) is 2.89. The van der Waals surface area contributed by atoms with Crippen LogP contribution in [0.2, 0.25) is 0 Å². The predicted octanol–water partition coefficient (Wildman–Crippen LogP) is 5.42. The molecule has 2 N–H and O–H groups in total. The van der Waals surface area contributed by atoms with Crippen LogP contribution in [0.15, 0.2) is 84.9 Å². The van der Waals surface area contributed by atoms with Gasteiger partial charge in [-0.1, -0.05) is 54.6 Å². The Hall–Kier alpha value is -4.34. The highest BCUT2D eigenvalue weighted by Gasteiger charge is 2.13. The summed E-state index contributed by atoms with van der Waals surface area (Å²) >= 11 is 0. The SMILES string of the molecule is N#Cc1cccc(OCc2ccc(CCC(=O)O)c(OCC(O)c3ccc4ccccc4c3)c2)c1. The van der Waals surface area contributed by atoms with Crippen LogP contribution in [0.5, 0.6) is 11.5 Å². The standard InChI is InChI=1S/C29H25NO5/c30-17-20-4-3-7-26(14-20)34-18-21-8-9-23(12-13-29(32)33)28(15-21)35-19-27(31)25-11-10-22-5-1-2-6-24(22)16-25/h1-11,14-16,27,31H,12-13,18-19H2,(H,32,33). The van der Waals surface area contributed by atoms with E-state index < -0.39 is 12.1 Å². The molecule has 0 spiro atoms. The third kappa shape index (κ3) is 6.38. The molecule has 0 amide bonds. The predicted molar refractivity (Wildman–Crippen MR) is 132 cm³/mol. The van der Waals surface area contributed by atoms with Crippen LogP contribution in [0.25, 0.3) is 10.8 Å². The number of nitrogens with zero attached hydrogens (tertiary/aromatic N) is 1. The van der Waals surface area contributed by atoms with E-state index in [2.05, 4.69) is 6.07 Å². The topological polar surface area (TPSA) is 99.8 Å². The summed E-state index contributed by atoms with van der Waals surface area (Å²) in [5, 5.41) is 31.0. The van der Waals surface area contributed by atoms with Crippen LogP contribution in [0.3, 0.4) is 0 Å². The van der Waals surface area contributed by atoms with Crippen molar-refractivity contribution in [1.82, 2.24) is 0 Å². The first-order chi connectivity index (χ1) is 17.0. The molecule has 0 radical (unpaired) electrons. The molecule has 0 aliphatic rings. The van der Waals surface area contributed by atoms with E-state index in [0.717, 1.165) is 27.5 Å². The van der Waals surface area contributed by atoms with Crippen molar-refractivity contribution in [3.63, 3.8) is 0 Å². The Labute approximate surface area is 203 Å². The van der Waals surface area contributed by atoms with Gasteiger partial charge >= 0.3 is 5.97 Å². The number of aryl methyl sites for hydroxylation is 1. The molecule has 0 saturated carbocycles. The van der Waals surface area contributed by atoms with E-state index in [1.165, 1.54) is 0 Å². The van der Waals surface area contributed by atoms with E-state index in [1.54, 1.807) is 30.3 Å². The second-order valence-corrected chi connectivity index (χ2v) is 8.20. The number of hydrogen-bond acceptors (Lipinski definition) is 5. The molecule has 6 heteroatoms. The number of ether oxygens (including phenoxy) is 2. The van der Waals surface area contributed by atoms with Crippen LogP contribution in [-0.4, -0.2) is 22.8 Å². The van der Waals surface area contributed by atoms with Crippen LogP contribution in [0.4, 0.5) is 0 Å². The number of benzene rings is 4. The van der Waals surface area contributed by atoms with E-state index in [4.69, 9.17) is 19.8 Å². The number of rotatable bonds is 10. The summed E-state index contributed by atoms with van der Waals surface area (Å²) in [6, 6.07) is 28.2. The molecule has 4 aromatic rings. The average molecular weight is 468 g/mol. The van der Waals surface area contributed by atoms with Crippen molar-refractivity contribution in [3.05, 3.63) is 107 Å². The Morgan fingerprint density at radius 1 is 0.914 bits per heavy atom. The van der Waals surface area contributed by atoms with Crippen LogP contribution in [0.1, 0.15) is 34.8 Å². The number of hydrogen-bond donors (Lipinski definition) is 2. The largest absolute Gasteiger partial charge is 0.490 e. The normalized spacial score (nSPS) is 11.5. The lowest BCUT2D eigenvalue weighted by atomic mass is 10.0. The summed E-state index contributed by atoms with van der Waals surface area (Å²) in [7, 11) is 0. The molecule has 0 aliphatic carbocycles. The molecule has 0 aromatic heterocycles. The van der Waals surface area contributed by atoms with Gasteiger partial charge in [0, 0.05) is 6.42 Å². The number of aliphatic hydroxyl groups is 1. The molecule has 0 heterocycles.